The van der Waals surface area contributed by atoms with Gasteiger partial charge in [-0.25, -0.2) is 4.98 Å². The zero-order valence-electron chi connectivity index (χ0n) is 23.9. The first-order valence-electron chi connectivity index (χ1n) is 15.0. The Kier molecular flexibility index (Phi) is 10.2. The van der Waals surface area contributed by atoms with Crippen LogP contribution in [0, 0.1) is 5.92 Å². The summed E-state index contributed by atoms with van der Waals surface area (Å²) in [6.07, 6.45) is 6.20. The molecule has 1 saturated heterocycles. The Morgan fingerprint density at radius 1 is 0.975 bits per heavy atom. The van der Waals surface area contributed by atoms with Gasteiger partial charge >= 0.3 is 0 Å². The summed E-state index contributed by atoms with van der Waals surface area (Å²) in [5, 5.41) is 13.3. The van der Waals surface area contributed by atoms with Gasteiger partial charge in [-0.05, 0) is 31.7 Å². The monoisotopic (exact) mass is 544 g/mol. The topological polar surface area (TPSA) is 77.9 Å². The number of benzene rings is 2. The van der Waals surface area contributed by atoms with Gasteiger partial charge in [0.15, 0.2) is 0 Å². The third kappa shape index (κ3) is 7.07. The van der Waals surface area contributed by atoms with Crippen molar-refractivity contribution < 1.29 is 14.6 Å². The van der Waals surface area contributed by atoms with E-state index in [4.69, 9.17) is 14.8 Å². The molecule has 1 aliphatic heterocycles. The third-order valence-electron chi connectivity index (χ3n) is 8.62. The molecule has 1 aliphatic carbocycles. The van der Waals surface area contributed by atoms with Gasteiger partial charge in [0.05, 0.1) is 36.6 Å². The molecule has 1 atom stereocenters. The second-order valence-electron chi connectivity index (χ2n) is 11.3. The van der Waals surface area contributed by atoms with E-state index in [1.54, 1.807) is 0 Å². The van der Waals surface area contributed by atoms with Crippen LogP contribution in [0.3, 0.4) is 0 Å². The molecule has 2 aromatic carbocycles. The van der Waals surface area contributed by atoms with Gasteiger partial charge in [-0.3, -0.25) is 14.6 Å². The number of para-hydroxylation sites is 1. The predicted molar refractivity (Wildman–Crippen MR) is 160 cm³/mol. The smallest absolute Gasteiger partial charge is 0.252 e. The van der Waals surface area contributed by atoms with Crippen LogP contribution in [0.25, 0.3) is 22.2 Å². The number of amides is 1. The van der Waals surface area contributed by atoms with Crippen LogP contribution in [0.5, 0.6) is 0 Å². The van der Waals surface area contributed by atoms with Crippen LogP contribution in [0.15, 0.2) is 54.6 Å². The van der Waals surface area contributed by atoms with Crippen molar-refractivity contribution in [2.45, 2.75) is 51.6 Å². The highest BCUT2D eigenvalue weighted by Crippen LogP contribution is 2.32. The number of ether oxygens (including phenoxy) is 1. The van der Waals surface area contributed by atoms with Crippen molar-refractivity contribution in [2.75, 3.05) is 52.5 Å². The second-order valence-corrected chi connectivity index (χ2v) is 11.3. The van der Waals surface area contributed by atoms with Gasteiger partial charge in [0.25, 0.3) is 5.91 Å². The highest BCUT2D eigenvalue weighted by atomic mass is 16.5. The molecule has 40 heavy (non-hydrogen) atoms. The van der Waals surface area contributed by atoms with Crippen LogP contribution in [0.2, 0.25) is 0 Å². The number of nitrogens with one attached hydrogen (secondary N) is 1. The molecule has 7 nitrogen and oxygen atoms in total. The molecule has 7 heteroatoms. The Morgan fingerprint density at radius 2 is 1.68 bits per heavy atom. The lowest BCUT2D eigenvalue weighted by Crippen LogP contribution is -2.47. The zero-order valence-corrected chi connectivity index (χ0v) is 23.9. The van der Waals surface area contributed by atoms with Crippen LogP contribution < -0.4 is 5.32 Å². The second kappa shape index (κ2) is 14.2. The molecule has 1 amide bonds. The Hall–Kier alpha value is -2.84. The van der Waals surface area contributed by atoms with E-state index in [2.05, 4.69) is 34.2 Å². The number of fused-ring (bicyclic) bond motifs is 1. The van der Waals surface area contributed by atoms with Crippen molar-refractivity contribution in [3.05, 3.63) is 65.7 Å². The minimum Gasteiger partial charge on any atom is -0.394 e. The van der Waals surface area contributed by atoms with Crippen LogP contribution in [-0.2, 0) is 11.3 Å². The van der Waals surface area contributed by atoms with Crippen molar-refractivity contribution in [2.24, 2.45) is 5.92 Å². The lowest BCUT2D eigenvalue weighted by Gasteiger charge is -2.35. The number of carbonyl (C=O) groups is 1. The Labute approximate surface area is 238 Å². The van der Waals surface area contributed by atoms with E-state index in [9.17, 15) is 4.79 Å². The van der Waals surface area contributed by atoms with Crippen molar-refractivity contribution in [1.82, 2.24) is 20.1 Å². The van der Waals surface area contributed by atoms with E-state index in [1.807, 2.05) is 42.5 Å². The number of hydrogen-bond donors (Lipinski definition) is 2. The number of hydrogen-bond acceptors (Lipinski definition) is 6. The van der Waals surface area contributed by atoms with E-state index in [-0.39, 0.29) is 18.6 Å². The van der Waals surface area contributed by atoms with E-state index in [0.717, 1.165) is 66.0 Å². The van der Waals surface area contributed by atoms with Crippen molar-refractivity contribution in [3.63, 3.8) is 0 Å². The molecule has 0 unspecified atom stereocenters. The van der Waals surface area contributed by atoms with Gasteiger partial charge in [0, 0.05) is 61.8 Å². The maximum atomic E-state index is 14.2. The number of aliphatic hydroxyl groups excluding tert-OH is 1. The SMILES string of the molecule is C[C@H](NC(=O)c1c(CN2CCN(CCOCCO)CC2)c(-c2ccccc2)nc2ccccc12)C1CCCCC1. The van der Waals surface area contributed by atoms with Crippen LogP contribution in [0.1, 0.15) is 54.9 Å². The molecule has 2 aliphatic rings. The summed E-state index contributed by atoms with van der Waals surface area (Å²) in [5.74, 6) is 0.556. The highest BCUT2D eigenvalue weighted by molar-refractivity contribution is 6.09. The van der Waals surface area contributed by atoms with E-state index in [0.29, 0.717) is 25.7 Å². The fourth-order valence-electron chi connectivity index (χ4n) is 6.29. The average Bonchev–Trinajstić information content (AvgIpc) is 3.00. The molecule has 0 radical (unpaired) electrons. The summed E-state index contributed by atoms with van der Waals surface area (Å²) < 4.78 is 5.47. The van der Waals surface area contributed by atoms with Crippen LogP contribution in [0.4, 0.5) is 0 Å². The molecule has 2 N–H and O–H groups in total. The predicted octanol–water partition coefficient (Wildman–Crippen LogP) is 4.73. The minimum absolute atomic E-state index is 0.0172. The number of nitrogens with zero attached hydrogens (tertiary/aromatic N) is 3. The van der Waals surface area contributed by atoms with Gasteiger partial charge in [-0.2, -0.15) is 0 Å². The number of carbonyl (C=O) groups excluding carboxylic acids is 1. The van der Waals surface area contributed by atoms with Gasteiger partial charge in [0.1, 0.15) is 0 Å². The molecule has 2 heterocycles. The Balaban J connectivity index is 1.44. The number of pyridine rings is 1. The van der Waals surface area contributed by atoms with Crippen molar-refractivity contribution in [3.8, 4) is 11.3 Å². The van der Waals surface area contributed by atoms with Gasteiger partial charge in [-0.1, -0.05) is 67.8 Å². The van der Waals surface area contributed by atoms with Crippen molar-refractivity contribution in [1.29, 1.82) is 0 Å². The van der Waals surface area contributed by atoms with Gasteiger partial charge < -0.3 is 15.2 Å². The summed E-state index contributed by atoms with van der Waals surface area (Å²) in [6, 6.07) is 18.5. The summed E-state index contributed by atoms with van der Waals surface area (Å²) >= 11 is 0. The van der Waals surface area contributed by atoms with Gasteiger partial charge in [0.2, 0.25) is 0 Å². The normalized spacial score (nSPS) is 18.1. The van der Waals surface area contributed by atoms with Crippen LogP contribution in [-0.4, -0.2) is 84.4 Å². The molecule has 3 aromatic rings. The standard InChI is InChI=1S/C33H44N4O3/c1-25(26-10-4-2-5-11-26)34-33(39)31-28-14-8-9-15-30(28)35-32(27-12-6-3-7-13-27)29(31)24-37-18-16-36(17-19-37)20-22-40-23-21-38/h3,6-9,12-15,25-26,38H,2,4-5,10-11,16-24H2,1H3,(H,34,39)/t25-/m0/s1. The van der Waals surface area contributed by atoms with Crippen LogP contribution >= 0.6 is 0 Å². The molecule has 2 fully saturated rings. The summed E-state index contributed by atoms with van der Waals surface area (Å²) in [5.41, 5.74) is 4.57. The first-order chi connectivity index (χ1) is 19.6. The van der Waals surface area contributed by atoms with E-state index < -0.39 is 0 Å². The fourth-order valence-corrected chi connectivity index (χ4v) is 6.29. The van der Waals surface area contributed by atoms with E-state index in [1.165, 1.54) is 32.1 Å². The summed E-state index contributed by atoms with van der Waals surface area (Å²) in [6.45, 7) is 8.55. The Morgan fingerprint density at radius 3 is 2.42 bits per heavy atom. The van der Waals surface area contributed by atoms with Crippen molar-refractivity contribution >= 4 is 16.8 Å². The minimum atomic E-state index is 0.0172. The molecule has 1 aromatic heterocycles. The number of aliphatic hydroxyl groups is 1. The lowest BCUT2D eigenvalue weighted by molar-refractivity contribution is 0.0563. The first-order valence-corrected chi connectivity index (χ1v) is 15.0. The zero-order chi connectivity index (χ0) is 27.7. The highest BCUT2D eigenvalue weighted by Gasteiger charge is 2.28. The fraction of sp³-hybridized carbons (Fsp3) is 0.515. The summed E-state index contributed by atoms with van der Waals surface area (Å²) in [4.78, 5) is 24.2. The number of piperazine rings is 1. The molecule has 0 bridgehead atoms. The number of aromatic nitrogens is 1. The maximum absolute atomic E-state index is 14.2. The molecule has 5 rings (SSSR count). The average molecular weight is 545 g/mol. The third-order valence-corrected chi connectivity index (χ3v) is 8.62. The largest absolute Gasteiger partial charge is 0.394 e. The van der Waals surface area contributed by atoms with Gasteiger partial charge in [-0.15, -0.1) is 0 Å². The van der Waals surface area contributed by atoms with E-state index >= 15 is 0 Å². The molecule has 0 spiro atoms. The maximum Gasteiger partial charge on any atom is 0.252 e. The molecule has 1 saturated carbocycles. The number of rotatable bonds is 11. The Bertz CT molecular complexity index is 1240. The lowest BCUT2D eigenvalue weighted by atomic mass is 9.84. The molecular formula is C33H44N4O3. The molecule has 214 valence electrons. The summed E-state index contributed by atoms with van der Waals surface area (Å²) in [7, 11) is 0. The quantitative estimate of drug-likeness (QED) is 0.340. The first kappa shape index (κ1) is 28.7. The molecular weight excluding hydrogens is 500 g/mol.